The van der Waals surface area contributed by atoms with E-state index in [-0.39, 0.29) is 5.41 Å². The first-order valence-corrected chi connectivity index (χ1v) is 6.05. The zero-order valence-electron chi connectivity index (χ0n) is 9.11. The lowest BCUT2D eigenvalue weighted by Crippen LogP contribution is -2.32. The number of hydrogen-bond acceptors (Lipinski definition) is 2. The van der Waals surface area contributed by atoms with Crippen molar-refractivity contribution >= 4 is 5.97 Å². The fourth-order valence-corrected chi connectivity index (χ4v) is 2.98. The molecule has 0 aliphatic heterocycles. The molecule has 0 aromatic heterocycles. The highest BCUT2D eigenvalue weighted by molar-refractivity contribution is 5.73. The Balaban J connectivity index is 1.89. The van der Waals surface area contributed by atoms with Gasteiger partial charge < -0.3 is 10.2 Å². The van der Waals surface area contributed by atoms with Gasteiger partial charge in [0.2, 0.25) is 0 Å². The van der Waals surface area contributed by atoms with E-state index in [0.717, 1.165) is 19.3 Å². The summed E-state index contributed by atoms with van der Waals surface area (Å²) in [7, 11) is 0. The Kier molecular flexibility index (Phi) is 3.01. The first-order valence-electron chi connectivity index (χ1n) is 6.05. The number of aliphatic hydroxyl groups excluding tert-OH is 1. The van der Waals surface area contributed by atoms with Crippen LogP contribution < -0.4 is 0 Å². The van der Waals surface area contributed by atoms with Crippen molar-refractivity contribution in [3.63, 3.8) is 0 Å². The molecule has 0 aromatic carbocycles. The summed E-state index contributed by atoms with van der Waals surface area (Å²) in [5, 5.41) is 18.5. The summed E-state index contributed by atoms with van der Waals surface area (Å²) in [6.07, 6.45) is 7.95. The van der Waals surface area contributed by atoms with E-state index in [0.29, 0.717) is 5.92 Å². The van der Waals surface area contributed by atoms with E-state index in [2.05, 4.69) is 0 Å². The fourth-order valence-electron chi connectivity index (χ4n) is 2.98. The first-order chi connectivity index (χ1) is 7.14. The van der Waals surface area contributed by atoms with Crippen LogP contribution >= 0.6 is 0 Å². The van der Waals surface area contributed by atoms with Crippen molar-refractivity contribution in [3.8, 4) is 0 Å². The lowest BCUT2D eigenvalue weighted by molar-refractivity contribution is -0.151. The van der Waals surface area contributed by atoms with Gasteiger partial charge in [0.05, 0.1) is 0 Å². The number of rotatable bonds is 4. The normalized spacial score (nSPS) is 27.3. The van der Waals surface area contributed by atoms with Gasteiger partial charge in [0.25, 0.3) is 0 Å². The maximum atomic E-state index is 10.8. The molecule has 3 nitrogen and oxygen atoms in total. The topological polar surface area (TPSA) is 57.5 Å². The second-order valence-electron chi connectivity index (χ2n) is 5.31. The molecule has 2 aliphatic carbocycles. The Bertz CT molecular complexity index is 239. The molecule has 0 heterocycles. The number of aliphatic hydroxyl groups is 1. The zero-order valence-corrected chi connectivity index (χ0v) is 9.11. The van der Waals surface area contributed by atoms with Crippen molar-refractivity contribution < 1.29 is 15.0 Å². The predicted molar refractivity (Wildman–Crippen MR) is 56.5 cm³/mol. The van der Waals surface area contributed by atoms with Gasteiger partial charge in [-0.05, 0) is 25.2 Å². The van der Waals surface area contributed by atoms with E-state index in [9.17, 15) is 9.90 Å². The lowest BCUT2D eigenvalue weighted by Gasteiger charge is -2.27. The Labute approximate surface area is 90.5 Å². The van der Waals surface area contributed by atoms with Gasteiger partial charge in [-0.2, -0.15) is 0 Å². The fraction of sp³-hybridized carbons (Fsp3) is 0.917. The molecule has 2 aliphatic rings. The molecular weight excluding hydrogens is 192 g/mol. The second-order valence-corrected chi connectivity index (χ2v) is 5.31. The molecule has 2 saturated carbocycles. The summed E-state index contributed by atoms with van der Waals surface area (Å²) in [5.74, 6) is -0.376. The molecule has 0 bridgehead atoms. The Hall–Kier alpha value is -0.570. The van der Waals surface area contributed by atoms with Crippen LogP contribution in [-0.4, -0.2) is 22.3 Å². The van der Waals surface area contributed by atoms with Gasteiger partial charge in [-0.1, -0.05) is 32.1 Å². The van der Waals surface area contributed by atoms with Crippen molar-refractivity contribution in [1.29, 1.82) is 0 Å². The van der Waals surface area contributed by atoms with Crippen molar-refractivity contribution in [2.24, 2.45) is 11.3 Å². The standard InChI is InChI=1S/C12H20O3/c13-10(11(14)15)12(6-7-12)8-9-4-2-1-3-5-9/h9-10,13H,1-8H2,(H,14,15). The van der Waals surface area contributed by atoms with E-state index in [4.69, 9.17) is 5.11 Å². The quantitative estimate of drug-likeness (QED) is 0.751. The van der Waals surface area contributed by atoms with Gasteiger partial charge in [-0.3, -0.25) is 0 Å². The highest BCUT2D eigenvalue weighted by atomic mass is 16.4. The van der Waals surface area contributed by atoms with Crippen LogP contribution in [0.25, 0.3) is 0 Å². The van der Waals surface area contributed by atoms with E-state index in [1.54, 1.807) is 0 Å². The maximum absolute atomic E-state index is 10.8. The average molecular weight is 212 g/mol. The van der Waals surface area contributed by atoms with Crippen molar-refractivity contribution in [1.82, 2.24) is 0 Å². The van der Waals surface area contributed by atoms with Crippen LogP contribution in [0.3, 0.4) is 0 Å². The number of aliphatic carboxylic acids is 1. The average Bonchev–Trinajstić information content (AvgIpc) is 2.99. The number of carboxylic acids is 1. The Morgan fingerprint density at radius 2 is 1.87 bits per heavy atom. The maximum Gasteiger partial charge on any atom is 0.333 e. The van der Waals surface area contributed by atoms with Crippen LogP contribution in [0, 0.1) is 11.3 Å². The number of hydrogen-bond donors (Lipinski definition) is 2. The number of carboxylic acid groups (broad SMARTS) is 1. The number of carbonyl (C=O) groups is 1. The summed E-state index contributed by atoms with van der Waals surface area (Å²) in [4.78, 5) is 10.8. The van der Waals surface area contributed by atoms with Gasteiger partial charge in [-0.15, -0.1) is 0 Å². The molecule has 1 atom stereocenters. The van der Waals surface area contributed by atoms with Gasteiger partial charge in [-0.25, -0.2) is 4.79 Å². The van der Waals surface area contributed by atoms with Gasteiger partial charge in [0, 0.05) is 5.41 Å². The summed E-state index contributed by atoms with van der Waals surface area (Å²) < 4.78 is 0. The summed E-state index contributed by atoms with van der Waals surface area (Å²) in [6.45, 7) is 0. The molecule has 3 heteroatoms. The van der Waals surface area contributed by atoms with Crippen LogP contribution in [0.4, 0.5) is 0 Å². The van der Waals surface area contributed by atoms with Gasteiger partial charge in [0.1, 0.15) is 0 Å². The van der Waals surface area contributed by atoms with Gasteiger partial charge in [0.15, 0.2) is 6.10 Å². The third-order valence-electron chi connectivity index (χ3n) is 4.13. The van der Waals surface area contributed by atoms with Crippen LogP contribution in [0.5, 0.6) is 0 Å². The molecule has 0 amide bonds. The molecule has 1 unspecified atom stereocenters. The van der Waals surface area contributed by atoms with Crippen molar-refractivity contribution in [3.05, 3.63) is 0 Å². The highest BCUT2D eigenvalue weighted by Crippen LogP contribution is 2.55. The predicted octanol–water partition coefficient (Wildman–Crippen LogP) is 2.18. The van der Waals surface area contributed by atoms with Crippen LogP contribution in [0.15, 0.2) is 0 Å². The SMILES string of the molecule is O=C(O)C(O)C1(CC2CCCCC2)CC1. The molecule has 0 aromatic rings. The summed E-state index contributed by atoms with van der Waals surface area (Å²) in [5.41, 5.74) is -0.256. The highest BCUT2D eigenvalue weighted by Gasteiger charge is 2.52. The summed E-state index contributed by atoms with van der Waals surface area (Å²) in [6, 6.07) is 0. The van der Waals surface area contributed by atoms with Crippen LogP contribution in [-0.2, 0) is 4.79 Å². The minimum absolute atomic E-state index is 0.256. The van der Waals surface area contributed by atoms with Crippen molar-refractivity contribution in [2.75, 3.05) is 0 Å². The largest absolute Gasteiger partial charge is 0.479 e. The van der Waals surface area contributed by atoms with E-state index in [1.807, 2.05) is 0 Å². The third-order valence-corrected chi connectivity index (χ3v) is 4.13. The molecule has 86 valence electrons. The molecule has 15 heavy (non-hydrogen) atoms. The molecule has 2 fully saturated rings. The molecular formula is C12H20O3. The lowest BCUT2D eigenvalue weighted by atomic mass is 9.79. The molecule has 2 N–H and O–H groups in total. The molecule has 2 rings (SSSR count). The zero-order chi connectivity index (χ0) is 10.9. The van der Waals surface area contributed by atoms with E-state index >= 15 is 0 Å². The minimum Gasteiger partial charge on any atom is -0.479 e. The van der Waals surface area contributed by atoms with Crippen LogP contribution in [0.2, 0.25) is 0 Å². The van der Waals surface area contributed by atoms with E-state index in [1.165, 1.54) is 32.1 Å². The molecule has 0 radical (unpaired) electrons. The third kappa shape index (κ3) is 2.33. The van der Waals surface area contributed by atoms with Crippen molar-refractivity contribution in [2.45, 2.75) is 57.5 Å². The smallest absolute Gasteiger partial charge is 0.333 e. The monoisotopic (exact) mass is 212 g/mol. The first kappa shape index (κ1) is 10.9. The second kappa shape index (κ2) is 4.12. The molecule has 0 spiro atoms. The summed E-state index contributed by atoms with van der Waals surface area (Å²) >= 11 is 0. The van der Waals surface area contributed by atoms with Gasteiger partial charge >= 0.3 is 5.97 Å². The van der Waals surface area contributed by atoms with Crippen LogP contribution in [0.1, 0.15) is 51.4 Å². The molecule has 0 saturated heterocycles. The Morgan fingerprint density at radius 3 is 2.33 bits per heavy atom. The minimum atomic E-state index is -1.13. The van der Waals surface area contributed by atoms with E-state index < -0.39 is 12.1 Å². The Morgan fingerprint density at radius 1 is 1.27 bits per heavy atom.